The second kappa shape index (κ2) is 5.85. The van der Waals surface area contributed by atoms with Crippen LogP contribution in [0.1, 0.15) is 39.5 Å². The van der Waals surface area contributed by atoms with Crippen molar-refractivity contribution in [2.75, 3.05) is 18.1 Å². The molecule has 1 N–H and O–H groups in total. The van der Waals surface area contributed by atoms with E-state index in [9.17, 15) is 8.42 Å². The van der Waals surface area contributed by atoms with Gasteiger partial charge in [0.1, 0.15) is 9.84 Å². The van der Waals surface area contributed by atoms with Crippen LogP contribution < -0.4 is 5.32 Å². The van der Waals surface area contributed by atoms with Crippen LogP contribution in [0.5, 0.6) is 0 Å². The largest absolute Gasteiger partial charge is 0.314 e. The van der Waals surface area contributed by atoms with Gasteiger partial charge in [-0.2, -0.15) is 0 Å². The van der Waals surface area contributed by atoms with Crippen molar-refractivity contribution in [1.82, 2.24) is 5.32 Å². The molecular weight excluding hydrogens is 210 g/mol. The van der Waals surface area contributed by atoms with Gasteiger partial charge >= 0.3 is 0 Å². The molecule has 0 aromatic carbocycles. The van der Waals surface area contributed by atoms with Crippen LogP contribution in [0, 0.1) is 5.92 Å². The minimum Gasteiger partial charge on any atom is -0.314 e. The first-order valence-electron chi connectivity index (χ1n) is 6.01. The van der Waals surface area contributed by atoms with Gasteiger partial charge in [-0.1, -0.05) is 20.3 Å². The first-order chi connectivity index (χ1) is 7.07. The van der Waals surface area contributed by atoms with Crippen molar-refractivity contribution in [3.8, 4) is 0 Å². The van der Waals surface area contributed by atoms with Crippen molar-refractivity contribution < 1.29 is 8.42 Å². The second-order valence-corrected chi connectivity index (χ2v) is 6.95. The zero-order valence-corrected chi connectivity index (χ0v) is 10.6. The van der Waals surface area contributed by atoms with Gasteiger partial charge in [0.15, 0.2) is 0 Å². The van der Waals surface area contributed by atoms with Gasteiger partial charge in [0.25, 0.3) is 0 Å². The Morgan fingerprint density at radius 2 is 2.00 bits per heavy atom. The first kappa shape index (κ1) is 13.0. The Kier molecular flexibility index (Phi) is 5.06. The fourth-order valence-electron chi connectivity index (χ4n) is 1.56. The Bertz CT molecular complexity index is 270. The van der Waals surface area contributed by atoms with Gasteiger partial charge in [0.05, 0.1) is 5.75 Å². The lowest BCUT2D eigenvalue weighted by Gasteiger charge is -2.15. The highest BCUT2D eigenvalue weighted by molar-refractivity contribution is 7.91. The maximum absolute atomic E-state index is 11.3. The van der Waals surface area contributed by atoms with Crippen LogP contribution >= 0.6 is 0 Å². The van der Waals surface area contributed by atoms with Gasteiger partial charge in [-0.15, -0.1) is 0 Å². The van der Waals surface area contributed by atoms with Crippen LogP contribution in [-0.4, -0.2) is 32.5 Å². The fourth-order valence-corrected chi connectivity index (χ4v) is 2.54. The molecule has 90 valence electrons. The molecule has 1 saturated carbocycles. The van der Waals surface area contributed by atoms with E-state index in [2.05, 4.69) is 12.2 Å². The summed E-state index contributed by atoms with van der Waals surface area (Å²) in [7, 11) is -2.78. The van der Waals surface area contributed by atoms with Gasteiger partial charge in [0, 0.05) is 11.8 Å². The summed E-state index contributed by atoms with van der Waals surface area (Å²) in [5.41, 5.74) is 0. The van der Waals surface area contributed by atoms with Crippen LogP contribution in [0.3, 0.4) is 0 Å². The molecule has 15 heavy (non-hydrogen) atoms. The van der Waals surface area contributed by atoms with E-state index in [0.29, 0.717) is 11.7 Å². The normalized spacial score (nSPS) is 19.1. The van der Waals surface area contributed by atoms with E-state index >= 15 is 0 Å². The molecule has 4 heteroatoms. The number of sulfone groups is 1. The monoisotopic (exact) mass is 233 g/mol. The topological polar surface area (TPSA) is 46.2 Å². The Hall–Kier alpha value is -0.0900. The summed E-state index contributed by atoms with van der Waals surface area (Å²) < 4.78 is 22.7. The standard InChI is InChI=1S/C11H23NO2S/c1-3-10(9-12-11-5-6-11)7-8-15(13,14)4-2/h10-12H,3-9H2,1-2H3. The fraction of sp³-hybridized carbons (Fsp3) is 1.00. The lowest BCUT2D eigenvalue weighted by Crippen LogP contribution is -2.26. The number of hydrogen-bond donors (Lipinski definition) is 1. The summed E-state index contributed by atoms with van der Waals surface area (Å²) in [4.78, 5) is 0. The molecule has 1 fully saturated rings. The zero-order chi connectivity index (χ0) is 11.3. The molecule has 0 saturated heterocycles. The Morgan fingerprint density at radius 3 is 2.47 bits per heavy atom. The number of hydrogen-bond acceptors (Lipinski definition) is 3. The summed E-state index contributed by atoms with van der Waals surface area (Å²) in [5, 5.41) is 3.47. The summed E-state index contributed by atoms with van der Waals surface area (Å²) in [5.74, 6) is 1.15. The van der Waals surface area contributed by atoms with Crippen molar-refractivity contribution in [3.05, 3.63) is 0 Å². The molecule has 0 radical (unpaired) electrons. The van der Waals surface area contributed by atoms with E-state index in [0.717, 1.165) is 25.4 Å². The van der Waals surface area contributed by atoms with Gasteiger partial charge < -0.3 is 5.32 Å². The van der Waals surface area contributed by atoms with Gasteiger partial charge in [-0.25, -0.2) is 8.42 Å². The van der Waals surface area contributed by atoms with Crippen molar-refractivity contribution in [2.45, 2.75) is 45.6 Å². The summed E-state index contributed by atoms with van der Waals surface area (Å²) in [6.45, 7) is 4.84. The highest BCUT2D eigenvalue weighted by Crippen LogP contribution is 2.20. The van der Waals surface area contributed by atoms with Crippen LogP contribution in [0.2, 0.25) is 0 Å². The van der Waals surface area contributed by atoms with Crippen LogP contribution in [0.25, 0.3) is 0 Å². The van der Waals surface area contributed by atoms with Gasteiger partial charge in [0.2, 0.25) is 0 Å². The molecule has 3 nitrogen and oxygen atoms in total. The number of nitrogens with one attached hydrogen (secondary N) is 1. The molecule has 0 bridgehead atoms. The highest BCUT2D eigenvalue weighted by Gasteiger charge is 2.21. The lowest BCUT2D eigenvalue weighted by molar-refractivity contribution is 0.447. The van der Waals surface area contributed by atoms with E-state index < -0.39 is 9.84 Å². The molecular formula is C11H23NO2S. The van der Waals surface area contributed by atoms with Gasteiger partial charge in [-0.3, -0.25) is 0 Å². The maximum atomic E-state index is 11.3. The molecule has 1 unspecified atom stereocenters. The Balaban J connectivity index is 2.20. The Labute approximate surface area is 93.6 Å². The predicted octanol–water partition coefficient (Wildman–Crippen LogP) is 1.59. The maximum Gasteiger partial charge on any atom is 0.150 e. The van der Waals surface area contributed by atoms with Crippen molar-refractivity contribution in [2.24, 2.45) is 5.92 Å². The van der Waals surface area contributed by atoms with Crippen LogP contribution in [0.15, 0.2) is 0 Å². The predicted molar refractivity (Wildman–Crippen MR) is 63.8 cm³/mol. The molecule has 0 spiro atoms. The number of rotatable bonds is 8. The lowest BCUT2D eigenvalue weighted by atomic mass is 10.0. The van der Waals surface area contributed by atoms with Gasteiger partial charge in [-0.05, 0) is 31.7 Å². The van der Waals surface area contributed by atoms with Crippen molar-refractivity contribution in [1.29, 1.82) is 0 Å². The zero-order valence-electron chi connectivity index (χ0n) is 9.83. The third kappa shape index (κ3) is 5.52. The molecule has 1 aliphatic carbocycles. The van der Waals surface area contributed by atoms with E-state index in [4.69, 9.17) is 0 Å². The molecule has 1 rings (SSSR count). The van der Waals surface area contributed by atoms with E-state index in [-0.39, 0.29) is 5.75 Å². The highest BCUT2D eigenvalue weighted by atomic mass is 32.2. The van der Waals surface area contributed by atoms with Crippen LogP contribution in [-0.2, 0) is 9.84 Å². The van der Waals surface area contributed by atoms with Crippen molar-refractivity contribution in [3.63, 3.8) is 0 Å². The SMILES string of the molecule is CCC(CCS(=O)(=O)CC)CNC1CC1. The smallest absolute Gasteiger partial charge is 0.150 e. The molecule has 0 aromatic rings. The summed E-state index contributed by atoms with van der Waals surface area (Å²) >= 11 is 0. The summed E-state index contributed by atoms with van der Waals surface area (Å²) in [6.07, 6.45) is 4.47. The average Bonchev–Trinajstić information content (AvgIpc) is 3.02. The van der Waals surface area contributed by atoms with Crippen LogP contribution in [0.4, 0.5) is 0 Å². The second-order valence-electron chi connectivity index (χ2n) is 4.48. The first-order valence-corrected chi connectivity index (χ1v) is 7.83. The third-order valence-electron chi connectivity index (χ3n) is 3.13. The molecule has 1 atom stereocenters. The van der Waals surface area contributed by atoms with E-state index in [1.807, 2.05) is 0 Å². The molecule has 0 heterocycles. The third-order valence-corrected chi connectivity index (χ3v) is 4.86. The summed E-state index contributed by atoms with van der Waals surface area (Å²) in [6, 6.07) is 0.724. The Morgan fingerprint density at radius 1 is 1.33 bits per heavy atom. The quantitative estimate of drug-likeness (QED) is 0.692. The molecule has 1 aliphatic rings. The molecule has 0 amide bonds. The minimum absolute atomic E-state index is 0.277. The van der Waals surface area contributed by atoms with E-state index in [1.54, 1.807) is 6.92 Å². The van der Waals surface area contributed by atoms with E-state index in [1.165, 1.54) is 12.8 Å². The molecule has 0 aromatic heterocycles. The minimum atomic E-state index is -2.78. The van der Waals surface area contributed by atoms with Crippen molar-refractivity contribution >= 4 is 9.84 Å². The average molecular weight is 233 g/mol. The molecule has 0 aliphatic heterocycles.